The third-order valence-electron chi connectivity index (χ3n) is 5.90. The number of hydrogen-bond acceptors (Lipinski definition) is 2. The van der Waals surface area contributed by atoms with Gasteiger partial charge in [-0.3, -0.25) is 9.59 Å². The number of fused-ring (bicyclic) bond motifs is 1. The van der Waals surface area contributed by atoms with Gasteiger partial charge in [-0.05, 0) is 56.6 Å². The third-order valence-corrected chi connectivity index (χ3v) is 5.90. The van der Waals surface area contributed by atoms with Crippen molar-refractivity contribution in [2.45, 2.75) is 64.7 Å². The Hall–Kier alpha value is -1.84. The van der Waals surface area contributed by atoms with Crippen LogP contribution in [0, 0.1) is 11.8 Å². The molecule has 26 heavy (non-hydrogen) atoms. The highest BCUT2D eigenvalue weighted by Crippen LogP contribution is 2.34. The van der Waals surface area contributed by atoms with Crippen molar-refractivity contribution in [1.82, 2.24) is 5.32 Å². The Bertz CT molecular complexity index is 620. The van der Waals surface area contributed by atoms with Crippen molar-refractivity contribution in [2.75, 3.05) is 18.0 Å². The summed E-state index contributed by atoms with van der Waals surface area (Å²) in [6, 6.07) is 8.28. The second-order valence-corrected chi connectivity index (χ2v) is 7.77. The van der Waals surface area contributed by atoms with Crippen molar-refractivity contribution < 1.29 is 9.59 Å². The molecule has 3 rings (SSSR count). The van der Waals surface area contributed by atoms with Crippen LogP contribution in [0.4, 0.5) is 5.69 Å². The summed E-state index contributed by atoms with van der Waals surface area (Å²) in [5.41, 5.74) is 2.38. The number of hydrogen-bond donors (Lipinski definition) is 1. The Morgan fingerprint density at radius 2 is 1.81 bits per heavy atom. The number of aryl methyl sites for hydroxylation is 1. The van der Waals surface area contributed by atoms with Gasteiger partial charge in [0.05, 0.1) is 0 Å². The maximum atomic E-state index is 13.1. The molecule has 0 radical (unpaired) electrons. The van der Waals surface area contributed by atoms with Gasteiger partial charge in [-0.15, -0.1) is 0 Å². The molecule has 0 atom stereocenters. The van der Waals surface area contributed by atoms with Crippen LogP contribution in [0.15, 0.2) is 24.3 Å². The molecule has 0 unspecified atom stereocenters. The molecule has 1 aliphatic carbocycles. The molecule has 1 saturated carbocycles. The van der Waals surface area contributed by atoms with Gasteiger partial charge in [-0.25, -0.2) is 0 Å². The number of carbonyl (C=O) groups excluding carboxylic acids is 2. The van der Waals surface area contributed by atoms with Crippen LogP contribution >= 0.6 is 0 Å². The summed E-state index contributed by atoms with van der Waals surface area (Å²) in [6.45, 7) is 3.78. The van der Waals surface area contributed by atoms with Crippen LogP contribution in [0.2, 0.25) is 0 Å². The molecule has 142 valence electrons. The number of carbonyl (C=O) groups is 2. The van der Waals surface area contributed by atoms with Crippen molar-refractivity contribution >= 4 is 17.5 Å². The van der Waals surface area contributed by atoms with E-state index in [9.17, 15) is 9.59 Å². The highest BCUT2D eigenvalue weighted by Gasteiger charge is 2.33. The van der Waals surface area contributed by atoms with Gasteiger partial charge in [-0.2, -0.15) is 0 Å². The molecular formula is C22H32N2O2. The van der Waals surface area contributed by atoms with E-state index < -0.39 is 0 Å². The molecule has 0 spiro atoms. The fraction of sp³-hybridized carbons (Fsp3) is 0.636. The number of anilines is 1. The van der Waals surface area contributed by atoms with Crippen molar-refractivity contribution in [2.24, 2.45) is 11.8 Å². The topological polar surface area (TPSA) is 49.4 Å². The molecule has 2 amide bonds. The third kappa shape index (κ3) is 4.46. The maximum absolute atomic E-state index is 13.1. The monoisotopic (exact) mass is 356 g/mol. The van der Waals surface area contributed by atoms with Gasteiger partial charge in [-0.1, -0.05) is 38.0 Å². The minimum Gasteiger partial charge on any atom is -0.356 e. The van der Waals surface area contributed by atoms with Gasteiger partial charge < -0.3 is 10.2 Å². The summed E-state index contributed by atoms with van der Waals surface area (Å²) in [4.78, 5) is 27.4. The molecule has 0 saturated heterocycles. The summed E-state index contributed by atoms with van der Waals surface area (Å²) in [5.74, 6) is 0.619. The SMILES string of the molecule is CCCCCNC(=O)C1CCC(C(=O)N2CCCc3ccccc32)CC1. The lowest BCUT2D eigenvalue weighted by atomic mass is 9.80. The summed E-state index contributed by atoms with van der Waals surface area (Å²) in [5, 5.41) is 3.07. The standard InChI is InChI=1S/C22H32N2O2/c1-2-3-6-15-23-21(25)18-11-13-19(14-12-18)22(26)24-16-7-9-17-8-4-5-10-20(17)24/h4-5,8,10,18-19H,2-3,6-7,9,11-16H2,1H3,(H,23,25). The van der Waals surface area contributed by atoms with E-state index in [1.807, 2.05) is 11.0 Å². The van der Waals surface area contributed by atoms with E-state index in [4.69, 9.17) is 0 Å². The highest BCUT2D eigenvalue weighted by molar-refractivity contribution is 5.96. The molecule has 1 fully saturated rings. The number of nitrogens with one attached hydrogen (secondary N) is 1. The molecule has 2 aliphatic rings. The molecule has 1 N–H and O–H groups in total. The lowest BCUT2D eigenvalue weighted by molar-refractivity contribution is -0.129. The smallest absolute Gasteiger partial charge is 0.230 e. The number of para-hydroxylation sites is 1. The molecule has 0 bridgehead atoms. The first kappa shape index (κ1) is 18.9. The van der Waals surface area contributed by atoms with Crippen LogP contribution in [0.5, 0.6) is 0 Å². The molecule has 4 nitrogen and oxygen atoms in total. The molecule has 1 heterocycles. The van der Waals surface area contributed by atoms with Gasteiger partial charge in [0.15, 0.2) is 0 Å². The van der Waals surface area contributed by atoms with Crippen LogP contribution in [0.3, 0.4) is 0 Å². The van der Waals surface area contributed by atoms with Gasteiger partial charge in [0, 0.05) is 30.6 Å². The first-order valence-electron chi connectivity index (χ1n) is 10.4. The zero-order valence-electron chi connectivity index (χ0n) is 16.0. The van der Waals surface area contributed by atoms with E-state index in [0.717, 1.165) is 63.7 Å². The first-order chi connectivity index (χ1) is 12.7. The van der Waals surface area contributed by atoms with E-state index in [1.54, 1.807) is 0 Å². The van der Waals surface area contributed by atoms with E-state index in [2.05, 4.69) is 30.4 Å². The average molecular weight is 357 g/mol. The Labute approximate surface area is 157 Å². The minimum atomic E-state index is 0.0743. The largest absolute Gasteiger partial charge is 0.356 e. The summed E-state index contributed by atoms with van der Waals surface area (Å²) in [7, 11) is 0. The zero-order chi connectivity index (χ0) is 18.4. The number of unbranched alkanes of at least 4 members (excludes halogenated alkanes) is 2. The molecule has 0 aromatic heterocycles. The lowest BCUT2D eigenvalue weighted by Crippen LogP contribution is -2.42. The fourth-order valence-electron chi connectivity index (χ4n) is 4.32. The van der Waals surface area contributed by atoms with E-state index in [-0.39, 0.29) is 23.7 Å². The van der Waals surface area contributed by atoms with Gasteiger partial charge in [0.2, 0.25) is 11.8 Å². The molecule has 1 aromatic rings. The van der Waals surface area contributed by atoms with Crippen LogP contribution in [-0.4, -0.2) is 24.9 Å². The Kier molecular flexibility index (Phi) is 6.70. The quantitative estimate of drug-likeness (QED) is 0.781. The summed E-state index contributed by atoms with van der Waals surface area (Å²) < 4.78 is 0. The predicted molar refractivity (Wildman–Crippen MR) is 105 cm³/mol. The minimum absolute atomic E-state index is 0.0743. The lowest BCUT2D eigenvalue weighted by Gasteiger charge is -2.34. The molecule has 1 aliphatic heterocycles. The predicted octanol–water partition coefficient (Wildman–Crippen LogP) is 4.08. The van der Waals surface area contributed by atoms with Gasteiger partial charge in [0.25, 0.3) is 0 Å². The van der Waals surface area contributed by atoms with E-state index in [0.29, 0.717) is 0 Å². The van der Waals surface area contributed by atoms with E-state index in [1.165, 1.54) is 18.4 Å². The average Bonchev–Trinajstić information content (AvgIpc) is 2.70. The maximum Gasteiger partial charge on any atom is 0.230 e. The van der Waals surface area contributed by atoms with E-state index >= 15 is 0 Å². The van der Waals surface area contributed by atoms with Gasteiger partial charge in [0.1, 0.15) is 0 Å². The van der Waals surface area contributed by atoms with Crippen molar-refractivity contribution in [3.05, 3.63) is 29.8 Å². The van der Waals surface area contributed by atoms with Crippen LogP contribution in [-0.2, 0) is 16.0 Å². The molecular weight excluding hydrogens is 324 g/mol. The van der Waals surface area contributed by atoms with Crippen molar-refractivity contribution in [3.8, 4) is 0 Å². The Morgan fingerprint density at radius 1 is 1.08 bits per heavy atom. The summed E-state index contributed by atoms with van der Waals surface area (Å²) in [6.07, 6.45) is 8.85. The normalized spacial score (nSPS) is 22.6. The van der Waals surface area contributed by atoms with Gasteiger partial charge >= 0.3 is 0 Å². The first-order valence-corrected chi connectivity index (χ1v) is 10.4. The Morgan fingerprint density at radius 3 is 2.58 bits per heavy atom. The van der Waals surface area contributed by atoms with Crippen molar-refractivity contribution in [3.63, 3.8) is 0 Å². The fourth-order valence-corrected chi connectivity index (χ4v) is 4.32. The van der Waals surface area contributed by atoms with Crippen LogP contribution < -0.4 is 10.2 Å². The molecule has 1 aromatic carbocycles. The number of rotatable bonds is 6. The number of nitrogens with zero attached hydrogens (tertiary/aromatic N) is 1. The number of benzene rings is 1. The highest BCUT2D eigenvalue weighted by atomic mass is 16.2. The van der Waals surface area contributed by atoms with Crippen LogP contribution in [0.1, 0.15) is 63.9 Å². The van der Waals surface area contributed by atoms with Crippen molar-refractivity contribution in [1.29, 1.82) is 0 Å². The number of amides is 2. The molecule has 4 heteroatoms. The van der Waals surface area contributed by atoms with Crippen LogP contribution in [0.25, 0.3) is 0 Å². The second kappa shape index (κ2) is 9.20. The second-order valence-electron chi connectivity index (χ2n) is 7.77. The zero-order valence-corrected chi connectivity index (χ0v) is 16.0. The Balaban J connectivity index is 1.51. The summed E-state index contributed by atoms with van der Waals surface area (Å²) >= 11 is 0.